The van der Waals surface area contributed by atoms with Crippen LogP contribution in [0.3, 0.4) is 0 Å². The molecule has 2 N–H and O–H groups in total. The molecule has 1 unspecified atom stereocenters. The summed E-state index contributed by atoms with van der Waals surface area (Å²) in [6.45, 7) is 0. The summed E-state index contributed by atoms with van der Waals surface area (Å²) >= 11 is 6.05. The Hall–Kier alpha value is -1.72. The van der Waals surface area contributed by atoms with E-state index in [1.54, 1.807) is 18.2 Å². The SMILES string of the molecule is NC(Cc1ccccc1Cl)c1cccc(OC(F)(F)F)c1. The maximum Gasteiger partial charge on any atom is 0.573 e. The van der Waals surface area contributed by atoms with Crippen LogP contribution in [0, 0.1) is 0 Å². The van der Waals surface area contributed by atoms with Crippen molar-refractivity contribution in [1.82, 2.24) is 0 Å². The lowest BCUT2D eigenvalue weighted by atomic mass is 9.99. The summed E-state index contributed by atoms with van der Waals surface area (Å²) in [4.78, 5) is 0. The number of benzene rings is 2. The van der Waals surface area contributed by atoms with Crippen molar-refractivity contribution in [3.63, 3.8) is 0 Å². The van der Waals surface area contributed by atoms with Crippen LogP contribution in [0.5, 0.6) is 5.75 Å². The summed E-state index contributed by atoms with van der Waals surface area (Å²) in [5.74, 6) is -0.283. The normalized spacial score (nSPS) is 13.0. The minimum atomic E-state index is -4.72. The van der Waals surface area contributed by atoms with Crippen LogP contribution in [0.15, 0.2) is 48.5 Å². The van der Waals surface area contributed by atoms with E-state index in [4.69, 9.17) is 17.3 Å². The van der Waals surface area contributed by atoms with Gasteiger partial charge in [-0.3, -0.25) is 0 Å². The van der Waals surface area contributed by atoms with E-state index in [-0.39, 0.29) is 5.75 Å². The lowest BCUT2D eigenvalue weighted by Crippen LogP contribution is -2.18. The second-order valence-electron chi connectivity index (χ2n) is 4.52. The fourth-order valence-corrected chi connectivity index (χ4v) is 2.17. The van der Waals surface area contributed by atoms with E-state index >= 15 is 0 Å². The summed E-state index contributed by atoms with van der Waals surface area (Å²) in [6, 6.07) is 12.4. The maximum atomic E-state index is 12.2. The van der Waals surface area contributed by atoms with E-state index in [1.807, 2.05) is 12.1 Å². The predicted molar refractivity (Wildman–Crippen MR) is 75.2 cm³/mol. The summed E-state index contributed by atoms with van der Waals surface area (Å²) in [6.07, 6.45) is -4.29. The van der Waals surface area contributed by atoms with Crippen LogP contribution >= 0.6 is 11.6 Å². The first-order valence-corrected chi connectivity index (χ1v) is 6.57. The molecule has 0 radical (unpaired) electrons. The Kier molecular flexibility index (Phi) is 4.75. The Morgan fingerprint density at radius 2 is 1.81 bits per heavy atom. The molecular weight excluding hydrogens is 303 g/mol. The Bertz CT molecular complexity index is 616. The molecule has 0 fully saturated rings. The molecule has 0 saturated heterocycles. The molecule has 6 heteroatoms. The second kappa shape index (κ2) is 6.37. The third kappa shape index (κ3) is 4.65. The van der Waals surface area contributed by atoms with Crippen LogP contribution in [0.2, 0.25) is 5.02 Å². The van der Waals surface area contributed by atoms with E-state index in [1.165, 1.54) is 18.2 Å². The average Bonchev–Trinajstić information content (AvgIpc) is 2.39. The van der Waals surface area contributed by atoms with Gasteiger partial charge in [0.1, 0.15) is 5.75 Å². The zero-order valence-corrected chi connectivity index (χ0v) is 11.7. The van der Waals surface area contributed by atoms with Crippen LogP contribution in [0.4, 0.5) is 13.2 Å². The van der Waals surface area contributed by atoms with E-state index < -0.39 is 12.4 Å². The van der Waals surface area contributed by atoms with Crippen LogP contribution < -0.4 is 10.5 Å². The van der Waals surface area contributed by atoms with Crippen molar-refractivity contribution < 1.29 is 17.9 Å². The third-order valence-corrected chi connectivity index (χ3v) is 3.29. The van der Waals surface area contributed by atoms with Crippen LogP contribution in [0.25, 0.3) is 0 Å². The zero-order valence-electron chi connectivity index (χ0n) is 10.9. The van der Waals surface area contributed by atoms with Gasteiger partial charge in [0.15, 0.2) is 0 Å². The van der Waals surface area contributed by atoms with Crippen molar-refractivity contribution in [3.8, 4) is 5.75 Å². The summed E-state index contributed by atoms with van der Waals surface area (Å²) in [5.41, 5.74) is 7.43. The Balaban J connectivity index is 2.14. The van der Waals surface area contributed by atoms with Crippen molar-refractivity contribution in [2.45, 2.75) is 18.8 Å². The lowest BCUT2D eigenvalue weighted by Gasteiger charge is -2.15. The minimum absolute atomic E-state index is 0.283. The summed E-state index contributed by atoms with van der Waals surface area (Å²) in [5, 5.41) is 0.579. The molecule has 0 saturated carbocycles. The molecule has 0 aliphatic carbocycles. The fourth-order valence-electron chi connectivity index (χ4n) is 1.96. The number of hydrogen-bond acceptors (Lipinski definition) is 2. The molecule has 0 aliphatic rings. The van der Waals surface area contributed by atoms with Crippen molar-refractivity contribution in [2.75, 3.05) is 0 Å². The van der Waals surface area contributed by atoms with Gasteiger partial charge in [-0.05, 0) is 35.7 Å². The molecule has 2 aromatic rings. The molecule has 0 heterocycles. The largest absolute Gasteiger partial charge is 0.573 e. The quantitative estimate of drug-likeness (QED) is 0.902. The first kappa shape index (κ1) is 15.7. The number of ether oxygens (including phenoxy) is 1. The molecule has 2 aromatic carbocycles. The van der Waals surface area contributed by atoms with Gasteiger partial charge in [-0.25, -0.2) is 0 Å². The molecule has 112 valence electrons. The number of hydrogen-bond donors (Lipinski definition) is 1. The first-order valence-electron chi connectivity index (χ1n) is 6.20. The van der Waals surface area contributed by atoms with Crippen molar-refractivity contribution in [1.29, 1.82) is 0 Å². The van der Waals surface area contributed by atoms with Crippen molar-refractivity contribution in [2.24, 2.45) is 5.73 Å². The molecule has 0 amide bonds. The van der Waals surface area contributed by atoms with E-state index in [9.17, 15) is 13.2 Å². The van der Waals surface area contributed by atoms with Crippen LogP contribution in [0.1, 0.15) is 17.2 Å². The Labute approximate surface area is 125 Å². The van der Waals surface area contributed by atoms with E-state index in [0.717, 1.165) is 5.56 Å². The van der Waals surface area contributed by atoms with E-state index in [2.05, 4.69) is 4.74 Å². The molecule has 1 atom stereocenters. The smallest absolute Gasteiger partial charge is 0.406 e. The van der Waals surface area contributed by atoms with Gasteiger partial charge in [0.2, 0.25) is 0 Å². The van der Waals surface area contributed by atoms with Gasteiger partial charge in [0.05, 0.1) is 0 Å². The average molecular weight is 316 g/mol. The van der Waals surface area contributed by atoms with Gasteiger partial charge in [-0.2, -0.15) is 0 Å². The summed E-state index contributed by atoms with van der Waals surface area (Å²) < 4.78 is 40.5. The predicted octanol–water partition coefficient (Wildman–Crippen LogP) is 4.48. The monoisotopic (exact) mass is 315 g/mol. The van der Waals surface area contributed by atoms with Gasteiger partial charge >= 0.3 is 6.36 Å². The van der Waals surface area contributed by atoms with Crippen molar-refractivity contribution in [3.05, 3.63) is 64.7 Å². The maximum absolute atomic E-state index is 12.2. The number of halogens is 4. The number of rotatable bonds is 4. The summed E-state index contributed by atoms with van der Waals surface area (Å²) in [7, 11) is 0. The van der Waals surface area contributed by atoms with Gasteiger partial charge in [-0.15, -0.1) is 13.2 Å². The third-order valence-electron chi connectivity index (χ3n) is 2.92. The molecular formula is C15H13ClF3NO. The number of alkyl halides is 3. The number of nitrogens with two attached hydrogens (primary N) is 1. The lowest BCUT2D eigenvalue weighted by molar-refractivity contribution is -0.274. The molecule has 21 heavy (non-hydrogen) atoms. The van der Waals surface area contributed by atoms with Crippen molar-refractivity contribution >= 4 is 11.6 Å². The molecule has 0 spiro atoms. The van der Waals surface area contributed by atoms with Crippen LogP contribution in [-0.2, 0) is 6.42 Å². The molecule has 2 rings (SSSR count). The highest BCUT2D eigenvalue weighted by Crippen LogP contribution is 2.27. The molecule has 0 aromatic heterocycles. The Morgan fingerprint density at radius 1 is 1.10 bits per heavy atom. The van der Waals surface area contributed by atoms with Gasteiger partial charge in [0.25, 0.3) is 0 Å². The molecule has 2 nitrogen and oxygen atoms in total. The fraction of sp³-hybridized carbons (Fsp3) is 0.200. The van der Waals surface area contributed by atoms with Gasteiger partial charge in [-0.1, -0.05) is 41.9 Å². The minimum Gasteiger partial charge on any atom is -0.406 e. The highest BCUT2D eigenvalue weighted by Gasteiger charge is 2.31. The standard InChI is InChI=1S/C15H13ClF3NO/c16-13-7-2-1-4-10(13)9-14(20)11-5-3-6-12(8-11)21-15(17,18)19/h1-8,14H,9,20H2. The van der Waals surface area contributed by atoms with Gasteiger partial charge in [0, 0.05) is 11.1 Å². The van der Waals surface area contributed by atoms with Crippen LogP contribution in [-0.4, -0.2) is 6.36 Å². The van der Waals surface area contributed by atoms with E-state index in [0.29, 0.717) is 17.0 Å². The topological polar surface area (TPSA) is 35.2 Å². The highest BCUT2D eigenvalue weighted by atomic mass is 35.5. The highest BCUT2D eigenvalue weighted by molar-refractivity contribution is 6.31. The second-order valence-corrected chi connectivity index (χ2v) is 4.93. The molecule has 0 bridgehead atoms. The zero-order chi connectivity index (χ0) is 15.5. The van der Waals surface area contributed by atoms with Gasteiger partial charge < -0.3 is 10.5 Å². The first-order chi connectivity index (χ1) is 9.85. The molecule has 0 aliphatic heterocycles. The Morgan fingerprint density at radius 3 is 2.48 bits per heavy atom.